The van der Waals surface area contributed by atoms with E-state index in [9.17, 15) is 29.1 Å². The van der Waals surface area contributed by atoms with Crippen molar-refractivity contribution in [2.75, 3.05) is 44.6 Å². The highest BCUT2D eigenvalue weighted by atomic mass is 35.5. The van der Waals surface area contributed by atoms with Gasteiger partial charge in [0.05, 0.1) is 29.3 Å². The second-order valence-corrected chi connectivity index (χ2v) is 25.2. The quantitative estimate of drug-likeness (QED) is 0.0552. The Morgan fingerprint density at radius 2 is 1.84 bits per heavy atom. The maximum Gasteiger partial charge on any atom is 0.255 e. The van der Waals surface area contributed by atoms with E-state index >= 15 is 0 Å². The predicted molar refractivity (Wildman–Crippen MR) is 318 cm³/mol. The summed E-state index contributed by atoms with van der Waals surface area (Å²) in [6.45, 7) is 11.3. The molecule has 15 heteroatoms. The average Bonchev–Trinajstić information content (AvgIpc) is 3.91. The second-order valence-electron chi connectivity index (χ2n) is 23.5. The number of anilines is 1. The summed E-state index contributed by atoms with van der Waals surface area (Å²) in [5.41, 5.74) is 11.6. The number of carbonyl (C=O) groups excluding carboxylic acids is 5. The number of amides is 4. The topological polar surface area (TPSA) is 176 Å². The van der Waals surface area contributed by atoms with Crippen molar-refractivity contribution in [2.45, 2.75) is 138 Å². The zero-order valence-corrected chi connectivity index (χ0v) is 47.7. The first kappa shape index (κ1) is 57.1. The Kier molecular flexibility index (Phi) is 18.4. The van der Waals surface area contributed by atoms with Gasteiger partial charge in [-0.1, -0.05) is 73.2 Å². The molecule has 1 saturated carbocycles. The van der Waals surface area contributed by atoms with Crippen molar-refractivity contribution >= 4 is 70.0 Å². The van der Waals surface area contributed by atoms with Crippen LogP contribution in [0.25, 0.3) is 0 Å². The summed E-state index contributed by atoms with van der Waals surface area (Å²) in [6, 6.07) is 13.3. The first-order valence-electron chi connectivity index (χ1n) is 29.0. The Bertz CT molecular complexity index is 3060. The van der Waals surface area contributed by atoms with Crippen LogP contribution in [-0.2, 0) is 32.1 Å². The number of aryl methyl sites for hydroxylation is 1. The summed E-state index contributed by atoms with van der Waals surface area (Å²) in [6.07, 6.45) is 30.0. The molecule has 0 aromatic heterocycles. The van der Waals surface area contributed by atoms with Crippen LogP contribution in [0.15, 0.2) is 141 Å². The van der Waals surface area contributed by atoms with E-state index in [4.69, 9.17) is 22.0 Å². The average molecular weight is 1120 g/mol. The van der Waals surface area contributed by atoms with Crippen LogP contribution >= 0.6 is 23.4 Å². The van der Waals surface area contributed by atoms with E-state index in [1.807, 2.05) is 48.6 Å². The van der Waals surface area contributed by atoms with Crippen molar-refractivity contribution < 1.29 is 29.1 Å². The summed E-state index contributed by atoms with van der Waals surface area (Å²) in [5, 5.41) is 24.3. The summed E-state index contributed by atoms with van der Waals surface area (Å²) in [5.74, 6) is -0.609. The molecular formula is C65H76ClN7O6S. The number of aliphatic hydroxyl groups is 1. The lowest BCUT2D eigenvalue weighted by molar-refractivity contribution is -0.137. The van der Waals surface area contributed by atoms with Crippen LogP contribution in [0.4, 0.5) is 5.69 Å². The Morgan fingerprint density at radius 1 is 1.01 bits per heavy atom. The molecule has 2 aromatic rings. The number of aliphatic hydroxyl groups excluding tert-OH is 1. The monoisotopic (exact) mass is 1120 g/mol. The zero-order chi connectivity index (χ0) is 55.9. The van der Waals surface area contributed by atoms with E-state index in [-0.39, 0.29) is 71.8 Å². The number of likely N-dealkylation sites (tertiary alicyclic amines) is 1. The van der Waals surface area contributed by atoms with Crippen LogP contribution in [0.1, 0.15) is 125 Å². The van der Waals surface area contributed by atoms with Crippen LogP contribution in [0.3, 0.4) is 0 Å². The van der Waals surface area contributed by atoms with E-state index in [1.54, 1.807) is 17.8 Å². The SMILES string of the molecule is C=C1C/C=C(/CC2CCC(C)(CCO)CC2)C=C=CC1Sc1cccc(NC(=O)C2C=CC(N3CCC(N4CC=C(C5=CCCC(C(=O)C(=N)CCc6ccc7c(c6)CN(C6CCC(=O)NC6=O)C7=O)C(Cl)=C5)CC4)CC3)=NC2)c1. The van der Waals surface area contributed by atoms with Crippen molar-refractivity contribution in [3.63, 3.8) is 0 Å². The number of hydrogen-bond donors (Lipinski definition) is 4. The summed E-state index contributed by atoms with van der Waals surface area (Å²) in [4.78, 5) is 76.9. The fourth-order valence-electron chi connectivity index (χ4n) is 12.9. The highest BCUT2D eigenvalue weighted by Gasteiger charge is 2.40. The van der Waals surface area contributed by atoms with Gasteiger partial charge in [-0.15, -0.1) is 17.5 Å². The number of nitrogens with zero attached hydrogens (tertiary/aromatic N) is 4. The Morgan fingerprint density at radius 3 is 2.59 bits per heavy atom. The highest BCUT2D eigenvalue weighted by Crippen LogP contribution is 2.43. The van der Waals surface area contributed by atoms with Crippen molar-refractivity contribution in [1.82, 2.24) is 20.0 Å². The Labute approximate surface area is 480 Å². The van der Waals surface area contributed by atoms with Gasteiger partial charge >= 0.3 is 0 Å². The lowest BCUT2D eigenvalue weighted by Gasteiger charge is -2.40. The van der Waals surface area contributed by atoms with E-state index in [0.29, 0.717) is 54.8 Å². The molecule has 0 bridgehead atoms. The van der Waals surface area contributed by atoms with Gasteiger partial charge in [0.1, 0.15) is 11.9 Å². The van der Waals surface area contributed by atoms with Crippen LogP contribution in [0, 0.1) is 28.6 Å². The number of halogens is 1. The van der Waals surface area contributed by atoms with E-state index < -0.39 is 17.9 Å². The molecule has 8 aliphatic rings. The van der Waals surface area contributed by atoms with Crippen LogP contribution < -0.4 is 10.6 Å². The Hall–Kier alpha value is -6.15. The lowest BCUT2D eigenvalue weighted by atomic mass is 9.69. The van der Waals surface area contributed by atoms with E-state index in [0.717, 1.165) is 103 Å². The smallest absolute Gasteiger partial charge is 0.255 e. The number of aliphatic imine (C=N–C) groups is 1. The largest absolute Gasteiger partial charge is 0.396 e. The number of amidine groups is 1. The lowest BCUT2D eigenvalue weighted by Crippen LogP contribution is -2.52. The number of thioether (sulfide) groups is 1. The number of Topliss-reactive ketones (excluding diaryl/α,β-unsaturated/α-hetero) is 1. The summed E-state index contributed by atoms with van der Waals surface area (Å²) in [7, 11) is 0. The minimum Gasteiger partial charge on any atom is -0.396 e. The number of dihydropyridines is 1. The zero-order valence-electron chi connectivity index (χ0n) is 46.2. The number of nitrogens with one attached hydrogen (secondary N) is 3. The van der Waals surface area contributed by atoms with E-state index in [2.05, 4.69) is 76.1 Å². The number of ketones is 1. The van der Waals surface area contributed by atoms with Gasteiger partial charge < -0.3 is 25.6 Å². The van der Waals surface area contributed by atoms with Crippen LogP contribution in [0.5, 0.6) is 0 Å². The molecule has 4 N–H and O–H groups in total. The number of benzene rings is 2. The molecule has 4 amide bonds. The molecule has 4 unspecified atom stereocenters. The number of imide groups is 1. The highest BCUT2D eigenvalue weighted by molar-refractivity contribution is 8.00. The fourth-order valence-corrected chi connectivity index (χ4v) is 14.2. The first-order chi connectivity index (χ1) is 38.7. The third kappa shape index (κ3) is 13.8. The number of hydrogen-bond acceptors (Lipinski definition) is 11. The summed E-state index contributed by atoms with van der Waals surface area (Å²) >= 11 is 8.65. The van der Waals surface area contributed by atoms with Gasteiger partial charge in [-0.2, -0.15) is 0 Å². The standard InChI is InChI=1S/C65H76ClN7O6S/c1-42-12-13-43(36-45-22-28-65(2,29-23-45)30-35-74)6-3-11-58(42)80-52-9-5-8-50(39-52)69-62(77)48-16-20-59(68-40-48)72-33-26-51(27-34-72)71-31-24-46(25-32-71)47-7-4-10-54(55(66)38-47)61(76)56(67)18-15-44-14-17-53-49(37-44)41-73(64(53)79)57-19-21-60(75)70-63(57)78/h5-9,11,13-14,16-17,20,24,37-39,45,48,51,54,57-58,67,74H,1,4,10,12,15,18-19,21-23,25-36,40-41H2,2H3,(H,69,77)(H,70,75,78)/b43-13+,67-56?. The maximum atomic E-state index is 13.7. The summed E-state index contributed by atoms with van der Waals surface area (Å²) < 4.78 is 0. The van der Waals surface area contributed by atoms with Gasteiger partial charge in [-0.05, 0) is 184 Å². The van der Waals surface area contributed by atoms with Crippen LogP contribution in [-0.4, -0.2) is 117 Å². The molecule has 0 radical (unpaired) electrons. The molecule has 420 valence electrons. The predicted octanol–water partition coefficient (Wildman–Crippen LogP) is 10.8. The molecule has 2 aromatic carbocycles. The molecule has 13 nitrogen and oxygen atoms in total. The molecular weight excluding hydrogens is 1040 g/mol. The Balaban J connectivity index is 0.638. The van der Waals surface area contributed by atoms with Gasteiger partial charge in [-0.3, -0.25) is 39.2 Å². The molecule has 5 aliphatic heterocycles. The van der Waals surface area contributed by atoms with E-state index in [1.165, 1.54) is 41.7 Å². The normalized spacial score (nSPS) is 27.4. The number of piperidine rings is 2. The molecule has 80 heavy (non-hydrogen) atoms. The third-order valence-electron chi connectivity index (χ3n) is 18.0. The minimum absolute atomic E-state index is 0.0297. The van der Waals surface area contributed by atoms with Crippen molar-refractivity contribution in [3.8, 4) is 0 Å². The van der Waals surface area contributed by atoms with Gasteiger partial charge in [-0.25, -0.2) is 0 Å². The molecule has 4 atom stereocenters. The maximum absolute atomic E-state index is 13.7. The number of rotatable bonds is 16. The van der Waals surface area contributed by atoms with Gasteiger partial charge in [0.2, 0.25) is 17.7 Å². The fraction of sp³-hybridized carbons (Fsp3) is 0.477. The number of carbonyl (C=O) groups is 5. The molecule has 3 aliphatic carbocycles. The third-order valence-corrected chi connectivity index (χ3v) is 19.6. The number of fused-ring (bicyclic) bond motifs is 1. The van der Waals surface area contributed by atoms with Crippen molar-refractivity contribution in [2.24, 2.45) is 28.2 Å². The molecule has 0 spiro atoms. The van der Waals surface area contributed by atoms with Crippen molar-refractivity contribution in [3.05, 3.63) is 147 Å². The van der Waals surface area contributed by atoms with Gasteiger partial charge in [0, 0.05) is 73.0 Å². The molecule has 2 saturated heterocycles. The molecule has 3 fully saturated rings. The first-order valence-corrected chi connectivity index (χ1v) is 30.3. The van der Waals surface area contributed by atoms with Gasteiger partial charge in [0.15, 0.2) is 5.78 Å². The molecule has 5 heterocycles. The van der Waals surface area contributed by atoms with Gasteiger partial charge in [0.25, 0.3) is 5.91 Å². The van der Waals surface area contributed by atoms with Crippen LogP contribution in [0.2, 0.25) is 0 Å². The number of allylic oxidation sites excluding steroid dienone is 6. The minimum atomic E-state index is -0.681. The second kappa shape index (κ2) is 25.8. The van der Waals surface area contributed by atoms with Crippen molar-refractivity contribution in [1.29, 1.82) is 5.41 Å². The molecule has 10 rings (SSSR count).